The molecule has 0 aromatic carbocycles. The summed E-state index contributed by atoms with van der Waals surface area (Å²) in [6, 6.07) is -0.00872. The van der Waals surface area contributed by atoms with Gasteiger partial charge in [-0.05, 0) is 27.3 Å². The summed E-state index contributed by atoms with van der Waals surface area (Å²) in [5.41, 5.74) is 1.74. The average Bonchev–Trinajstić information content (AvgIpc) is 3.04. The second-order valence-corrected chi connectivity index (χ2v) is 6.73. The van der Waals surface area contributed by atoms with Crippen LogP contribution in [-0.4, -0.2) is 62.7 Å². The molecule has 2 heterocycles. The van der Waals surface area contributed by atoms with Crippen molar-refractivity contribution in [3.63, 3.8) is 0 Å². The number of aryl methyl sites for hydroxylation is 1. The summed E-state index contributed by atoms with van der Waals surface area (Å²) < 4.78 is 1.72. The quantitative estimate of drug-likeness (QED) is 0.815. The molecule has 3 atom stereocenters. The molecule has 2 rings (SSSR count). The number of amides is 1. The first-order chi connectivity index (χ1) is 11.3. The van der Waals surface area contributed by atoms with Gasteiger partial charge >= 0.3 is 5.97 Å². The molecule has 7 heteroatoms. The third-order valence-corrected chi connectivity index (χ3v) is 5.38. The van der Waals surface area contributed by atoms with Gasteiger partial charge in [-0.1, -0.05) is 6.92 Å². The number of likely N-dealkylation sites (N-methyl/N-ethyl adjacent to an activating group) is 1. The molecule has 7 nitrogen and oxygen atoms in total. The van der Waals surface area contributed by atoms with Crippen LogP contribution in [0.4, 0.5) is 0 Å². The Labute approximate surface area is 143 Å². The lowest BCUT2D eigenvalue weighted by atomic mass is 9.94. The van der Waals surface area contributed by atoms with Gasteiger partial charge in [0.1, 0.15) is 0 Å². The van der Waals surface area contributed by atoms with Crippen LogP contribution < -0.4 is 0 Å². The maximum atomic E-state index is 12.5. The van der Waals surface area contributed by atoms with E-state index in [0.29, 0.717) is 12.6 Å². The molecular weight excluding hydrogens is 308 g/mol. The normalized spacial score (nSPS) is 22.4. The van der Waals surface area contributed by atoms with E-state index in [1.165, 1.54) is 0 Å². The largest absolute Gasteiger partial charge is 0.481 e. The highest BCUT2D eigenvalue weighted by atomic mass is 16.4. The van der Waals surface area contributed by atoms with Crippen molar-refractivity contribution in [3.8, 4) is 0 Å². The summed E-state index contributed by atoms with van der Waals surface area (Å²) in [7, 11) is 3.86. The van der Waals surface area contributed by atoms with Crippen LogP contribution in [-0.2, 0) is 16.6 Å². The van der Waals surface area contributed by atoms with Crippen LogP contribution in [0.3, 0.4) is 0 Å². The van der Waals surface area contributed by atoms with Gasteiger partial charge in [-0.2, -0.15) is 5.10 Å². The molecule has 1 aliphatic heterocycles. The van der Waals surface area contributed by atoms with Crippen molar-refractivity contribution in [2.45, 2.75) is 45.7 Å². The predicted octanol–water partition coefficient (Wildman–Crippen LogP) is 1.43. The molecular formula is C17H28N4O3. The van der Waals surface area contributed by atoms with E-state index in [1.807, 2.05) is 21.0 Å². The van der Waals surface area contributed by atoms with Crippen LogP contribution in [0.15, 0.2) is 6.20 Å². The minimum atomic E-state index is -0.922. The SMILES string of the molecule is CCC(C)N(C)CCN1C(=O)C[C@H](C(=O)O)[C@H]1c1cnn(C)c1C. The lowest BCUT2D eigenvalue weighted by molar-refractivity contribution is -0.142. The number of nitrogens with zero attached hydrogens (tertiary/aromatic N) is 4. The minimum Gasteiger partial charge on any atom is -0.481 e. The molecule has 1 amide bonds. The number of carbonyl (C=O) groups excluding carboxylic acids is 1. The van der Waals surface area contributed by atoms with Crippen LogP contribution in [0.2, 0.25) is 0 Å². The Morgan fingerprint density at radius 3 is 2.71 bits per heavy atom. The fourth-order valence-corrected chi connectivity index (χ4v) is 3.26. The first kappa shape index (κ1) is 18.4. The smallest absolute Gasteiger partial charge is 0.309 e. The van der Waals surface area contributed by atoms with E-state index >= 15 is 0 Å². The number of aromatic nitrogens is 2. The third-order valence-electron chi connectivity index (χ3n) is 5.38. The molecule has 1 saturated heterocycles. The van der Waals surface area contributed by atoms with Crippen LogP contribution in [0.25, 0.3) is 0 Å². The minimum absolute atomic E-state index is 0.0569. The van der Waals surface area contributed by atoms with Gasteiger partial charge in [-0.3, -0.25) is 14.3 Å². The number of carbonyl (C=O) groups is 2. The lowest BCUT2D eigenvalue weighted by Crippen LogP contribution is -2.39. The van der Waals surface area contributed by atoms with Gasteiger partial charge in [0, 0.05) is 43.9 Å². The summed E-state index contributed by atoms with van der Waals surface area (Å²) in [4.78, 5) is 28.1. The molecule has 0 radical (unpaired) electrons. The van der Waals surface area contributed by atoms with Crippen molar-refractivity contribution in [3.05, 3.63) is 17.5 Å². The molecule has 0 saturated carbocycles. The van der Waals surface area contributed by atoms with Crippen LogP contribution >= 0.6 is 0 Å². The van der Waals surface area contributed by atoms with Gasteiger partial charge in [0.15, 0.2) is 0 Å². The van der Waals surface area contributed by atoms with Crippen molar-refractivity contribution in [1.82, 2.24) is 19.6 Å². The van der Waals surface area contributed by atoms with E-state index in [4.69, 9.17) is 0 Å². The van der Waals surface area contributed by atoms with E-state index in [0.717, 1.165) is 24.2 Å². The van der Waals surface area contributed by atoms with E-state index in [-0.39, 0.29) is 12.3 Å². The predicted molar refractivity (Wildman–Crippen MR) is 90.5 cm³/mol. The number of likely N-dealkylation sites (tertiary alicyclic amines) is 1. The summed E-state index contributed by atoms with van der Waals surface area (Å²) in [5, 5.41) is 13.8. The van der Waals surface area contributed by atoms with Gasteiger partial charge in [0.2, 0.25) is 5.91 Å². The zero-order valence-corrected chi connectivity index (χ0v) is 15.2. The van der Waals surface area contributed by atoms with E-state index in [9.17, 15) is 14.7 Å². The number of rotatable bonds is 7. The molecule has 0 bridgehead atoms. The maximum Gasteiger partial charge on any atom is 0.309 e. The number of carboxylic acid groups (broad SMARTS) is 1. The Morgan fingerprint density at radius 1 is 1.54 bits per heavy atom. The van der Waals surface area contributed by atoms with Gasteiger partial charge in [-0.15, -0.1) is 0 Å². The van der Waals surface area contributed by atoms with Crippen LogP contribution in [0.1, 0.15) is 44.0 Å². The van der Waals surface area contributed by atoms with Gasteiger partial charge < -0.3 is 14.9 Å². The molecule has 0 aliphatic carbocycles. The Hall–Kier alpha value is -1.89. The number of carboxylic acids is 1. The van der Waals surface area contributed by atoms with Crippen molar-refractivity contribution in [2.75, 3.05) is 20.1 Å². The van der Waals surface area contributed by atoms with Crippen molar-refractivity contribution >= 4 is 11.9 Å². The van der Waals surface area contributed by atoms with E-state index in [2.05, 4.69) is 23.8 Å². The van der Waals surface area contributed by atoms with Gasteiger partial charge in [0.25, 0.3) is 0 Å². The van der Waals surface area contributed by atoms with E-state index in [1.54, 1.807) is 15.8 Å². The number of hydrogen-bond donors (Lipinski definition) is 1. The molecule has 0 spiro atoms. The lowest BCUT2D eigenvalue weighted by Gasteiger charge is -2.30. The fourth-order valence-electron chi connectivity index (χ4n) is 3.26. The highest BCUT2D eigenvalue weighted by molar-refractivity contribution is 5.87. The summed E-state index contributed by atoms with van der Waals surface area (Å²) >= 11 is 0. The Bertz CT molecular complexity index is 613. The van der Waals surface area contributed by atoms with Gasteiger partial charge in [-0.25, -0.2) is 0 Å². The highest BCUT2D eigenvalue weighted by Crippen LogP contribution is 2.39. The first-order valence-corrected chi connectivity index (χ1v) is 8.48. The Morgan fingerprint density at radius 2 is 2.21 bits per heavy atom. The monoisotopic (exact) mass is 336 g/mol. The number of hydrogen-bond acceptors (Lipinski definition) is 4. The standard InChI is InChI=1S/C17H28N4O3/c1-6-11(2)19(4)7-8-21-15(22)9-13(17(23)24)16(21)14-10-18-20(5)12(14)3/h10-11,13,16H,6-9H2,1-5H3,(H,23,24)/t11?,13-,16-/m0/s1. The molecule has 134 valence electrons. The van der Waals surface area contributed by atoms with Crippen LogP contribution in [0.5, 0.6) is 0 Å². The average molecular weight is 336 g/mol. The zero-order chi connectivity index (χ0) is 18.0. The molecule has 1 aliphatic rings. The summed E-state index contributed by atoms with van der Waals surface area (Å²) in [6.07, 6.45) is 2.79. The second-order valence-electron chi connectivity index (χ2n) is 6.73. The molecule has 1 N–H and O–H groups in total. The number of aliphatic carboxylic acids is 1. The maximum absolute atomic E-state index is 12.5. The Kier molecular flexibility index (Phi) is 5.64. The fraction of sp³-hybridized carbons (Fsp3) is 0.706. The first-order valence-electron chi connectivity index (χ1n) is 8.48. The topological polar surface area (TPSA) is 78.7 Å². The molecule has 1 fully saturated rings. The van der Waals surface area contributed by atoms with E-state index < -0.39 is 17.9 Å². The second kappa shape index (κ2) is 7.34. The van der Waals surface area contributed by atoms with Crippen molar-refractivity contribution in [2.24, 2.45) is 13.0 Å². The molecule has 1 aromatic heterocycles. The van der Waals surface area contributed by atoms with Crippen molar-refractivity contribution < 1.29 is 14.7 Å². The molecule has 1 aromatic rings. The summed E-state index contributed by atoms with van der Waals surface area (Å²) in [6.45, 7) is 7.44. The van der Waals surface area contributed by atoms with Crippen LogP contribution in [0, 0.1) is 12.8 Å². The molecule has 24 heavy (non-hydrogen) atoms. The Balaban J connectivity index is 2.25. The van der Waals surface area contributed by atoms with Crippen molar-refractivity contribution in [1.29, 1.82) is 0 Å². The third kappa shape index (κ3) is 3.45. The highest BCUT2D eigenvalue weighted by Gasteiger charge is 2.45. The van der Waals surface area contributed by atoms with Gasteiger partial charge in [0.05, 0.1) is 18.2 Å². The zero-order valence-electron chi connectivity index (χ0n) is 15.2. The summed E-state index contributed by atoms with van der Waals surface area (Å²) in [5.74, 6) is -1.73. The molecule has 1 unspecified atom stereocenters.